The van der Waals surface area contributed by atoms with Crippen molar-refractivity contribution < 1.29 is 14.3 Å². The van der Waals surface area contributed by atoms with Crippen LogP contribution < -0.4 is 4.80 Å². The van der Waals surface area contributed by atoms with Crippen LogP contribution in [0.1, 0.15) is 20.7 Å². The highest BCUT2D eigenvalue weighted by atomic mass is 79.9. The maximum Gasteiger partial charge on any atom is 0.337 e. The second-order valence-corrected chi connectivity index (χ2v) is 8.45. The quantitative estimate of drug-likeness (QED) is 0.526. The van der Waals surface area contributed by atoms with Gasteiger partial charge in [0.15, 0.2) is 4.80 Å². The summed E-state index contributed by atoms with van der Waals surface area (Å²) in [6.45, 7) is 0.723. The van der Waals surface area contributed by atoms with Crippen LogP contribution in [0.2, 0.25) is 0 Å². The van der Waals surface area contributed by atoms with E-state index in [2.05, 4.69) is 20.9 Å². The number of halogens is 1. The van der Waals surface area contributed by atoms with Crippen LogP contribution in [0, 0.1) is 0 Å². The van der Waals surface area contributed by atoms with Crippen LogP contribution in [0.15, 0.2) is 51.9 Å². The molecule has 0 aliphatic rings. The van der Waals surface area contributed by atoms with Crippen molar-refractivity contribution in [3.8, 4) is 0 Å². The minimum atomic E-state index is -0.385. The lowest BCUT2D eigenvalue weighted by atomic mass is 10.2. The molecular formula is C19H17BrN2O3S2. The first-order chi connectivity index (χ1) is 13.0. The van der Waals surface area contributed by atoms with Crippen molar-refractivity contribution >= 4 is 61.1 Å². The van der Waals surface area contributed by atoms with Gasteiger partial charge in [-0.25, -0.2) is 4.79 Å². The van der Waals surface area contributed by atoms with Gasteiger partial charge in [-0.2, -0.15) is 16.8 Å². The van der Waals surface area contributed by atoms with Gasteiger partial charge in [-0.15, -0.1) is 0 Å². The Bertz CT molecular complexity index is 1070. The third-order valence-electron chi connectivity index (χ3n) is 3.92. The van der Waals surface area contributed by atoms with Crippen molar-refractivity contribution in [3.63, 3.8) is 0 Å². The number of hydrogen-bond donors (Lipinski definition) is 0. The number of rotatable bonds is 5. The summed E-state index contributed by atoms with van der Waals surface area (Å²) in [7, 11) is 1.36. The molecule has 0 unspecified atom stereocenters. The molecule has 0 atom stereocenters. The molecule has 8 heteroatoms. The summed E-state index contributed by atoms with van der Waals surface area (Å²) in [6, 6.07) is 12.6. The second kappa shape index (κ2) is 8.86. The van der Waals surface area contributed by atoms with E-state index in [1.807, 2.05) is 35.1 Å². The molecule has 3 aromatic rings. The van der Waals surface area contributed by atoms with Crippen LogP contribution in [-0.2, 0) is 11.3 Å². The molecule has 1 heterocycles. The molecule has 3 rings (SSSR count). The lowest BCUT2D eigenvalue weighted by Crippen LogP contribution is -2.18. The molecule has 1 amide bonds. The third kappa shape index (κ3) is 4.34. The van der Waals surface area contributed by atoms with E-state index in [1.54, 1.807) is 30.0 Å². The van der Waals surface area contributed by atoms with Crippen LogP contribution in [-0.4, -0.2) is 35.6 Å². The summed E-state index contributed by atoms with van der Waals surface area (Å²) in [5.41, 5.74) is 1.94. The Hall–Kier alpha value is -1.90. The minimum Gasteiger partial charge on any atom is -0.465 e. The zero-order valence-corrected chi connectivity index (χ0v) is 18.0. The molecule has 140 valence electrons. The van der Waals surface area contributed by atoms with Crippen molar-refractivity contribution in [2.75, 3.05) is 19.1 Å². The number of carbonyl (C=O) groups is 2. The first-order valence-electron chi connectivity index (χ1n) is 8.09. The fourth-order valence-electron chi connectivity index (χ4n) is 2.58. The molecule has 0 aliphatic heterocycles. The number of hydrogen-bond acceptors (Lipinski definition) is 5. The number of carbonyl (C=O) groups excluding carboxylic acids is 2. The van der Waals surface area contributed by atoms with E-state index >= 15 is 0 Å². The second-order valence-electron chi connectivity index (χ2n) is 5.60. The molecule has 2 aromatic carbocycles. The lowest BCUT2D eigenvalue weighted by Gasteiger charge is -2.05. The fourth-order valence-corrected chi connectivity index (χ4v) is 4.50. The van der Waals surface area contributed by atoms with Gasteiger partial charge in [-0.05, 0) is 52.5 Å². The van der Waals surface area contributed by atoms with Gasteiger partial charge in [0, 0.05) is 16.8 Å². The van der Waals surface area contributed by atoms with E-state index < -0.39 is 0 Å². The normalized spacial score (nSPS) is 11.7. The number of thioether (sulfide) groups is 1. The van der Waals surface area contributed by atoms with Crippen molar-refractivity contribution in [1.82, 2.24) is 4.57 Å². The number of fused-ring (bicyclic) bond motifs is 1. The summed E-state index contributed by atoms with van der Waals surface area (Å²) in [5.74, 6) is 0.199. The van der Waals surface area contributed by atoms with E-state index in [9.17, 15) is 9.59 Å². The smallest absolute Gasteiger partial charge is 0.337 e. The molecular weight excluding hydrogens is 448 g/mol. The predicted molar refractivity (Wildman–Crippen MR) is 114 cm³/mol. The number of methoxy groups -OCH3 is 1. The molecule has 0 N–H and O–H groups in total. The van der Waals surface area contributed by atoms with Gasteiger partial charge in [0.1, 0.15) is 0 Å². The zero-order valence-electron chi connectivity index (χ0n) is 14.8. The molecule has 1 aromatic heterocycles. The highest BCUT2D eigenvalue weighted by Gasteiger charge is 2.13. The minimum absolute atomic E-state index is 0.305. The average Bonchev–Trinajstić information content (AvgIpc) is 3.01. The number of ether oxygens (including phenoxy) is 1. The first kappa shape index (κ1) is 19.9. The van der Waals surface area contributed by atoms with Gasteiger partial charge in [-0.1, -0.05) is 23.5 Å². The van der Waals surface area contributed by atoms with E-state index in [0.717, 1.165) is 22.5 Å². The van der Waals surface area contributed by atoms with Gasteiger partial charge in [0.2, 0.25) is 0 Å². The van der Waals surface area contributed by atoms with Crippen LogP contribution in [0.5, 0.6) is 0 Å². The van der Waals surface area contributed by atoms with Crippen molar-refractivity contribution in [2.24, 2.45) is 4.99 Å². The lowest BCUT2D eigenvalue weighted by molar-refractivity contribution is 0.0601. The topological polar surface area (TPSA) is 60.7 Å². The number of esters is 1. The summed E-state index contributed by atoms with van der Waals surface area (Å²) < 4.78 is 8.41. The Labute approximate surface area is 173 Å². The van der Waals surface area contributed by atoms with Crippen molar-refractivity contribution in [2.45, 2.75) is 6.54 Å². The standard InChI is InChI=1S/C19H17BrN2O3S2/c1-25-18(24)12-7-8-15-16(11-12)27-19(22(15)9-10-26-2)21-17(23)13-5-3-4-6-14(13)20/h3-8,11H,9-10H2,1-2H3. The Balaban J connectivity index is 2.13. The number of thiazole rings is 1. The summed E-state index contributed by atoms with van der Waals surface area (Å²) in [6.07, 6.45) is 2.04. The van der Waals surface area contributed by atoms with Gasteiger partial charge in [-0.3, -0.25) is 4.79 Å². The van der Waals surface area contributed by atoms with E-state index in [0.29, 0.717) is 20.4 Å². The summed E-state index contributed by atoms with van der Waals surface area (Å²) >= 11 is 6.51. The van der Waals surface area contributed by atoms with Gasteiger partial charge in [0.25, 0.3) is 5.91 Å². The largest absolute Gasteiger partial charge is 0.465 e. The Kier molecular flexibility index (Phi) is 6.51. The van der Waals surface area contributed by atoms with Crippen molar-refractivity contribution in [3.05, 3.63) is 62.9 Å². The molecule has 27 heavy (non-hydrogen) atoms. The van der Waals surface area contributed by atoms with E-state index in [4.69, 9.17) is 4.74 Å². The molecule has 0 saturated carbocycles. The SMILES string of the molecule is COC(=O)c1ccc2c(c1)sc(=NC(=O)c1ccccc1Br)n2CCSC. The van der Waals surface area contributed by atoms with Gasteiger partial charge < -0.3 is 9.30 Å². The van der Waals surface area contributed by atoms with Crippen LogP contribution in [0.3, 0.4) is 0 Å². The number of aryl methyl sites for hydroxylation is 1. The molecule has 0 bridgehead atoms. The summed E-state index contributed by atoms with van der Waals surface area (Å²) in [5, 5.41) is 0. The van der Waals surface area contributed by atoms with Crippen LogP contribution in [0.25, 0.3) is 10.2 Å². The Morgan fingerprint density at radius 2 is 2.04 bits per heavy atom. The molecule has 0 saturated heterocycles. The van der Waals surface area contributed by atoms with E-state index in [1.165, 1.54) is 18.4 Å². The predicted octanol–water partition coefficient (Wildman–Crippen LogP) is 4.36. The molecule has 0 fully saturated rings. The van der Waals surface area contributed by atoms with Crippen LogP contribution >= 0.6 is 39.0 Å². The van der Waals surface area contributed by atoms with Gasteiger partial charge in [0.05, 0.1) is 28.5 Å². The molecule has 0 spiro atoms. The number of aromatic nitrogens is 1. The molecule has 0 aliphatic carbocycles. The maximum absolute atomic E-state index is 12.7. The first-order valence-corrected chi connectivity index (χ1v) is 11.1. The molecule has 0 radical (unpaired) electrons. The van der Waals surface area contributed by atoms with Crippen molar-refractivity contribution in [1.29, 1.82) is 0 Å². The molecule has 5 nitrogen and oxygen atoms in total. The number of nitrogens with zero attached hydrogens (tertiary/aromatic N) is 2. The summed E-state index contributed by atoms with van der Waals surface area (Å²) in [4.78, 5) is 29.5. The average molecular weight is 465 g/mol. The monoisotopic (exact) mass is 464 g/mol. The number of amides is 1. The zero-order chi connectivity index (χ0) is 19.4. The Morgan fingerprint density at radius 1 is 1.26 bits per heavy atom. The third-order valence-corrected chi connectivity index (χ3v) is 6.25. The Morgan fingerprint density at radius 3 is 2.74 bits per heavy atom. The number of benzene rings is 2. The van der Waals surface area contributed by atoms with E-state index in [-0.39, 0.29) is 11.9 Å². The highest BCUT2D eigenvalue weighted by molar-refractivity contribution is 9.10. The highest BCUT2D eigenvalue weighted by Crippen LogP contribution is 2.21. The maximum atomic E-state index is 12.7. The fraction of sp³-hybridized carbons (Fsp3) is 0.211. The van der Waals surface area contributed by atoms with Crippen LogP contribution in [0.4, 0.5) is 0 Å². The van der Waals surface area contributed by atoms with Gasteiger partial charge >= 0.3 is 5.97 Å².